The van der Waals surface area contributed by atoms with Crippen molar-refractivity contribution in [3.8, 4) is 0 Å². The van der Waals surface area contributed by atoms with E-state index < -0.39 is 6.04 Å². The Bertz CT molecular complexity index is 450. The average Bonchev–Trinajstić information content (AvgIpc) is 2.98. The third kappa shape index (κ3) is 3.60. The maximum absolute atomic E-state index is 12.6. The van der Waals surface area contributed by atoms with Crippen LogP contribution < -0.4 is 5.32 Å². The van der Waals surface area contributed by atoms with E-state index in [1.165, 1.54) is 17.8 Å². The standard InChI is InChI=1S/C15H22N2O2S/c1-11(2)13(15(19)17-8-4-3-5-9-17)16-14(18)12-7-6-10-20-12/h6-7,10-11,13H,3-5,8-9H2,1-2H3,(H,16,18)/t13-/m0/s1. The Morgan fingerprint density at radius 3 is 2.50 bits per heavy atom. The molecule has 0 bridgehead atoms. The second kappa shape index (κ2) is 6.88. The first-order chi connectivity index (χ1) is 9.59. The minimum Gasteiger partial charge on any atom is -0.341 e. The number of likely N-dealkylation sites (tertiary alicyclic amines) is 1. The second-order valence-corrected chi connectivity index (χ2v) is 6.51. The second-order valence-electron chi connectivity index (χ2n) is 5.56. The van der Waals surface area contributed by atoms with Crippen LogP contribution in [-0.4, -0.2) is 35.8 Å². The number of hydrogen-bond acceptors (Lipinski definition) is 3. The molecule has 0 aliphatic carbocycles. The van der Waals surface area contributed by atoms with Crippen molar-refractivity contribution in [2.75, 3.05) is 13.1 Å². The van der Waals surface area contributed by atoms with Crippen LogP contribution in [0, 0.1) is 5.92 Å². The molecule has 1 N–H and O–H groups in total. The molecule has 1 fully saturated rings. The molecule has 2 amide bonds. The fourth-order valence-corrected chi connectivity index (χ4v) is 3.07. The third-order valence-corrected chi connectivity index (χ3v) is 4.50. The first-order valence-corrected chi connectivity index (χ1v) is 8.10. The van der Waals surface area contributed by atoms with Crippen molar-refractivity contribution >= 4 is 23.2 Å². The average molecular weight is 294 g/mol. The van der Waals surface area contributed by atoms with E-state index in [1.807, 2.05) is 30.2 Å². The summed E-state index contributed by atoms with van der Waals surface area (Å²) in [6.45, 7) is 5.58. The van der Waals surface area contributed by atoms with Crippen LogP contribution >= 0.6 is 11.3 Å². The first-order valence-electron chi connectivity index (χ1n) is 7.22. The minimum absolute atomic E-state index is 0.0598. The Morgan fingerprint density at radius 2 is 1.95 bits per heavy atom. The minimum atomic E-state index is -0.428. The van der Waals surface area contributed by atoms with Gasteiger partial charge < -0.3 is 10.2 Å². The van der Waals surface area contributed by atoms with Gasteiger partial charge >= 0.3 is 0 Å². The quantitative estimate of drug-likeness (QED) is 0.927. The summed E-state index contributed by atoms with van der Waals surface area (Å²) < 4.78 is 0. The molecule has 0 radical (unpaired) electrons. The number of nitrogens with zero attached hydrogens (tertiary/aromatic N) is 1. The van der Waals surface area contributed by atoms with Crippen molar-refractivity contribution in [2.24, 2.45) is 5.92 Å². The van der Waals surface area contributed by atoms with E-state index in [0.717, 1.165) is 25.9 Å². The molecule has 0 spiro atoms. The molecule has 5 heteroatoms. The molecule has 4 nitrogen and oxygen atoms in total. The van der Waals surface area contributed by atoms with Gasteiger partial charge in [0.15, 0.2) is 0 Å². The molecule has 2 rings (SSSR count). The van der Waals surface area contributed by atoms with Gasteiger partial charge in [0, 0.05) is 13.1 Å². The number of nitrogens with one attached hydrogen (secondary N) is 1. The summed E-state index contributed by atoms with van der Waals surface area (Å²) in [6, 6.07) is 3.20. The van der Waals surface area contributed by atoms with Gasteiger partial charge in [0.1, 0.15) is 6.04 Å². The Balaban J connectivity index is 2.02. The molecule has 1 aromatic rings. The van der Waals surface area contributed by atoms with Crippen LogP contribution in [0.25, 0.3) is 0 Å². The highest BCUT2D eigenvalue weighted by Crippen LogP contribution is 2.15. The van der Waals surface area contributed by atoms with Gasteiger partial charge in [-0.25, -0.2) is 0 Å². The molecule has 1 saturated heterocycles. The highest BCUT2D eigenvalue weighted by atomic mass is 32.1. The van der Waals surface area contributed by atoms with E-state index in [1.54, 1.807) is 6.07 Å². The van der Waals surface area contributed by atoms with Crippen LogP contribution in [0.15, 0.2) is 17.5 Å². The van der Waals surface area contributed by atoms with Gasteiger partial charge in [0.25, 0.3) is 5.91 Å². The highest BCUT2D eigenvalue weighted by Gasteiger charge is 2.29. The van der Waals surface area contributed by atoms with E-state index in [-0.39, 0.29) is 17.7 Å². The zero-order valence-corrected chi connectivity index (χ0v) is 12.9. The van der Waals surface area contributed by atoms with Gasteiger partial charge in [0.05, 0.1) is 4.88 Å². The highest BCUT2D eigenvalue weighted by molar-refractivity contribution is 7.12. The smallest absolute Gasteiger partial charge is 0.262 e. The lowest BCUT2D eigenvalue weighted by atomic mass is 10.0. The van der Waals surface area contributed by atoms with Crippen molar-refractivity contribution in [1.29, 1.82) is 0 Å². The molecule has 110 valence electrons. The molecular weight excluding hydrogens is 272 g/mol. The largest absolute Gasteiger partial charge is 0.341 e. The summed E-state index contributed by atoms with van der Waals surface area (Å²) in [5.41, 5.74) is 0. The van der Waals surface area contributed by atoms with Crippen molar-refractivity contribution in [3.05, 3.63) is 22.4 Å². The van der Waals surface area contributed by atoms with Gasteiger partial charge in [-0.05, 0) is 36.6 Å². The lowest BCUT2D eigenvalue weighted by Gasteiger charge is -2.32. The maximum Gasteiger partial charge on any atom is 0.262 e. The normalized spacial score (nSPS) is 17.1. The SMILES string of the molecule is CC(C)[C@H](NC(=O)c1cccs1)C(=O)N1CCCCC1. The molecular formula is C15H22N2O2S. The zero-order chi connectivity index (χ0) is 14.5. The number of carbonyl (C=O) groups is 2. The van der Waals surface area contributed by atoms with Crippen molar-refractivity contribution in [1.82, 2.24) is 10.2 Å². The number of hydrogen-bond donors (Lipinski definition) is 1. The lowest BCUT2D eigenvalue weighted by molar-refractivity contribution is -0.135. The summed E-state index contributed by atoms with van der Waals surface area (Å²) in [6.07, 6.45) is 3.32. The Kier molecular flexibility index (Phi) is 5.17. The summed E-state index contributed by atoms with van der Waals surface area (Å²) in [7, 11) is 0. The Labute approximate surface area is 124 Å². The van der Waals surface area contributed by atoms with Crippen LogP contribution in [0.5, 0.6) is 0 Å². The molecule has 1 aliphatic rings. The van der Waals surface area contributed by atoms with Crippen molar-refractivity contribution < 1.29 is 9.59 Å². The molecule has 0 saturated carbocycles. The monoisotopic (exact) mass is 294 g/mol. The number of thiophene rings is 1. The van der Waals surface area contributed by atoms with Crippen molar-refractivity contribution in [2.45, 2.75) is 39.2 Å². The van der Waals surface area contributed by atoms with E-state index in [9.17, 15) is 9.59 Å². The van der Waals surface area contributed by atoms with Gasteiger partial charge in [-0.1, -0.05) is 19.9 Å². The van der Waals surface area contributed by atoms with Crippen LogP contribution in [0.4, 0.5) is 0 Å². The number of rotatable bonds is 4. The van der Waals surface area contributed by atoms with Crippen LogP contribution in [0.2, 0.25) is 0 Å². The van der Waals surface area contributed by atoms with E-state index in [2.05, 4.69) is 5.32 Å². The molecule has 20 heavy (non-hydrogen) atoms. The van der Waals surface area contributed by atoms with Crippen LogP contribution in [-0.2, 0) is 4.79 Å². The van der Waals surface area contributed by atoms with Crippen LogP contribution in [0.1, 0.15) is 42.8 Å². The third-order valence-electron chi connectivity index (χ3n) is 3.63. The van der Waals surface area contributed by atoms with Crippen molar-refractivity contribution in [3.63, 3.8) is 0 Å². The topological polar surface area (TPSA) is 49.4 Å². The van der Waals surface area contributed by atoms with E-state index in [0.29, 0.717) is 4.88 Å². The van der Waals surface area contributed by atoms with Gasteiger partial charge in [-0.2, -0.15) is 0 Å². The molecule has 2 heterocycles. The van der Waals surface area contributed by atoms with Gasteiger partial charge in [-0.15, -0.1) is 11.3 Å². The summed E-state index contributed by atoms with van der Waals surface area (Å²) in [5, 5.41) is 4.76. The molecule has 1 aliphatic heterocycles. The summed E-state index contributed by atoms with van der Waals surface area (Å²) in [4.78, 5) is 27.2. The molecule has 0 unspecified atom stereocenters. The Morgan fingerprint density at radius 1 is 1.25 bits per heavy atom. The van der Waals surface area contributed by atoms with Crippen LogP contribution in [0.3, 0.4) is 0 Å². The van der Waals surface area contributed by atoms with Gasteiger partial charge in [0.2, 0.25) is 5.91 Å². The van der Waals surface area contributed by atoms with E-state index >= 15 is 0 Å². The van der Waals surface area contributed by atoms with E-state index in [4.69, 9.17) is 0 Å². The Hall–Kier alpha value is -1.36. The predicted octanol–water partition coefficient (Wildman–Crippen LogP) is 2.52. The number of carbonyl (C=O) groups excluding carboxylic acids is 2. The van der Waals surface area contributed by atoms with Gasteiger partial charge in [-0.3, -0.25) is 9.59 Å². The fraction of sp³-hybridized carbons (Fsp3) is 0.600. The first kappa shape index (κ1) is 15.0. The predicted molar refractivity (Wildman–Crippen MR) is 80.8 cm³/mol. The molecule has 1 atom stereocenters. The fourth-order valence-electron chi connectivity index (χ4n) is 2.44. The summed E-state index contributed by atoms with van der Waals surface area (Å²) >= 11 is 1.40. The maximum atomic E-state index is 12.6. The number of piperidine rings is 1. The zero-order valence-electron chi connectivity index (χ0n) is 12.1. The molecule has 1 aromatic heterocycles. The molecule has 0 aromatic carbocycles. The number of amides is 2. The summed E-state index contributed by atoms with van der Waals surface area (Å²) in [5.74, 6) is 0.00186. The lowest BCUT2D eigenvalue weighted by Crippen LogP contribution is -2.52.